The van der Waals surface area contributed by atoms with Crippen LogP contribution in [0.2, 0.25) is 0 Å². The number of hydrogen-bond acceptors (Lipinski definition) is 6. The summed E-state index contributed by atoms with van der Waals surface area (Å²) in [6.45, 7) is 8.82. The lowest BCUT2D eigenvalue weighted by atomic mass is 10.3. The first-order valence-corrected chi connectivity index (χ1v) is 9.80. The zero-order valence-electron chi connectivity index (χ0n) is 15.5. The molecule has 2 aromatic heterocycles. The normalized spacial score (nSPS) is 15.9. The van der Waals surface area contributed by atoms with Crippen molar-refractivity contribution in [2.24, 2.45) is 4.99 Å². The van der Waals surface area contributed by atoms with Gasteiger partial charge in [-0.05, 0) is 25.1 Å². The maximum Gasteiger partial charge on any atom is 0.225 e. The quantitative estimate of drug-likeness (QED) is 0.588. The number of nitrogens with zero attached hydrogens (tertiary/aromatic N) is 5. The Kier molecular flexibility index (Phi) is 6.79. The highest BCUT2D eigenvalue weighted by atomic mass is 32.1. The highest BCUT2D eigenvalue weighted by Gasteiger charge is 2.18. The SMILES string of the molecule is CN=C(NCCN1CCN(c2ncccn2)CC1)NCc1ccc(C)s1. The highest BCUT2D eigenvalue weighted by Crippen LogP contribution is 2.14. The molecule has 0 unspecified atom stereocenters. The summed E-state index contributed by atoms with van der Waals surface area (Å²) in [6, 6.07) is 6.17. The molecule has 1 aliphatic heterocycles. The van der Waals surface area contributed by atoms with Crippen LogP contribution in [-0.2, 0) is 6.54 Å². The van der Waals surface area contributed by atoms with Crippen LogP contribution in [0.4, 0.5) is 5.95 Å². The third-order valence-corrected chi connectivity index (χ3v) is 5.38. The largest absolute Gasteiger partial charge is 0.355 e. The van der Waals surface area contributed by atoms with Gasteiger partial charge in [0, 0.05) is 68.5 Å². The Labute approximate surface area is 159 Å². The summed E-state index contributed by atoms with van der Waals surface area (Å²) >= 11 is 1.82. The van der Waals surface area contributed by atoms with Crippen LogP contribution in [0.3, 0.4) is 0 Å². The van der Waals surface area contributed by atoms with E-state index in [4.69, 9.17) is 0 Å². The number of piperazine rings is 1. The smallest absolute Gasteiger partial charge is 0.225 e. The van der Waals surface area contributed by atoms with Gasteiger partial charge in [-0.3, -0.25) is 9.89 Å². The molecular weight excluding hydrogens is 346 g/mol. The van der Waals surface area contributed by atoms with Crippen LogP contribution >= 0.6 is 11.3 Å². The average molecular weight is 374 g/mol. The molecule has 8 heteroatoms. The monoisotopic (exact) mass is 373 g/mol. The lowest BCUT2D eigenvalue weighted by molar-refractivity contribution is 0.260. The fourth-order valence-electron chi connectivity index (χ4n) is 2.93. The van der Waals surface area contributed by atoms with Gasteiger partial charge in [0.2, 0.25) is 5.95 Å². The van der Waals surface area contributed by atoms with Crippen LogP contribution in [0, 0.1) is 6.92 Å². The van der Waals surface area contributed by atoms with Gasteiger partial charge in [-0.15, -0.1) is 11.3 Å². The second kappa shape index (κ2) is 9.49. The van der Waals surface area contributed by atoms with E-state index in [1.165, 1.54) is 9.75 Å². The first-order valence-electron chi connectivity index (χ1n) is 8.99. The Morgan fingerprint density at radius 3 is 2.58 bits per heavy atom. The van der Waals surface area contributed by atoms with Crippen LogP contribution in [0.15, 0.2) is 35.6 Å². The number of rotatable bonds is 6. The Balaban J connectivity index is 1.34. The van der Waals surface area contributed by atoms with Gasteiger partial charge in [0.1, 0.15) is 0 Å². The van der Waals surface area contributed by atoms with E-state index in [1.807, 2.05) is 24.5 Å². The number of nitrogens with one attached hydrogen (secondary N) is 2. The predicted octanol–water partition coefficient (Wildman–Crippen LogP) is 1.33. The van der Waals surface area contributed by atoms with Crippen LogP contribution in [0.5, 0.6) is 0 Å². The van der Waals surface area contributed by atoms with E-state index in [2.05, 4.69) is 54.5 Å². The molecule has 0 amide bonds. The molecule has 0 bridgehead atoms. The summed E-state index contributed by atoms with van der Waals surface area (Å²) in [5.74, 6) is 1.69. The molecule has 26 heavy (non-hydrogen) atoms. The third kappa shape index (κ3) is 5.40. The van der Waals surface area contributed by atoms with E-state index in [-0.39, 0.29) is 0 Å². The van der Waals surface area contributed by atoms with Crippen molar-refractivity contribution in [3.63, 3.8) is 0 Å². The molecule has 2 N–H and O–H groups in total. The maximum atomic E-state index is 4.33. The van der Waals surface area contributed by atoms with Gasteiger partial charge in [0.05, 0.1) is 6.54 Å². The number of aliphatic imine (C=N–C) groups is 1. The lowest BCUT2D eigenvalue weighted by Crippen LogP contribution is -2.49. The van der Waals surface area contributed by atoms with Gasteiger partial charge < -0.3 is 15.5 Å². The van der Waals surface area contributed by atoms with Gasteiger partial charge in [-0.2, -0.15) is 0 Å². The topological polar surface area (TPSA) is 68.7 Å². The molecule has 3 rings (SSSR count). The van der Waals surface area contributed by atoms with E-state index >= 15 is 0 Å². The van der Waals surface area contributed by atoms with E-state index < -0.39 is 0 Å². The Hall–Kier alpha value is -2.19. The molecule has 140 valence electrons. The van der Waals surface area contributed by atoms with Crippen molar-refractivity contribution in [3.05, 3.63) is 40.3 Å². The van der Waals surface area contributed by atoms with E-state index in [0.717, 1.165) is 57.7 Å². The van der Waals surface area contributed by atoms with E-state index in [1.54, 1.807) is 12.4 Å². The summed E-state index contributed by atoms with van der Waals surface area (Å²) in [5, 5.41) is 6.77. The zero-order chi connectivity index (χ0) is 18.2. The van der Waals surface area contributed by atoms with E-state index in [9.17, 15) is 0 Å². The standard InChI is InChI=1S/C18H27N7S/c1-15-4-5-16(26-15)14-23-17(19-2)20-8-9-24-10-12-25(13-11-24)18-21-6-3-7-22-18/h3-7H,8-14H2,1-2H3,(H2,19,20,23). The predicted molar refractivity (Wildman–Crippen MR) is 108 cm³/mol. The van der Waals surface area contributed by atoms with Gasteiger partial charge in [-0.25, -0.2) is 9.97 Å². The lowest BCUT2D eigenvalue weighted by Gasteiger charge is -2.34. The van der Waals surface area contributed by atoms with Crippen LogP contribution < -0.4 is 15.5 Å². The average Bonchev–Trinajstić information content (AvgIpc) is 3.11. The van der Waals surface area contributed by atoms with Crippen molar-refractivity contribution in [1.82, 2.24) is 25.5 Å². The molecule has 0 radical (unpaired) electrons. The maximum absolute atomic E-state index is 4.33. The first kappa shape index (κ1) is 18.6. The number of anilines is 1. The number of thiophene rings is 1. The molecule has 0 saturated carbocycles. The fraction of sp³-hybridized carbons (Fsp3) is 0.500. The van der Waals surface area contributed by atoms with Crippen molar-refractivity contribution in [1.29, 1.82) is 0 Å². The van der Waals surface area contributed by atoms with Gasteiger partial charge in [0.25, 0.3) is 0 Å². The minimum absolute atomic E-state index is 0.813. The molecule has 2 aromatic rings. The number of aromatic nitrogens is 2. The van der Waals surface area contributed by atoms with Crippen molar-refractivity contribution in [2.45, 2.75) is 13.5 Å². The third-order valence-electron chi connectivity index (χ3n) is 4.38. The summed E-state index contributed by atoms with van der Waals surface area (Å²) in [5.41, 5.74) is 0. The van der Waals surface area contributed by atoms with Gasteiger partial charge in [-0.1, -0.05) is 0 Å². The summed E-state index contributed by atoms with van der Waals surface area (Å²) < 4.78 is 0. The molecule has 0 aromatic carbocycles. The van der Waals surface area contributed by atoms with Crippen molar-refractivity contribution in [3.8, 4) is 0 Å². The summed E-state index contributed by atoms with van der Waals surface area (Å²) in [6.07, 6.45) is 3.60. The second-order valence-electron chi connectivity index (χ2n) is 6.24. The van der Waals surface area contributed by atoms with E-state index in [0.29, 0.717) is 0 Å². The van der Waals surface area contributed by atoms with Crippen LogP contribution in [0.25, 0.3) is 0 Å². The second-order valence-corrected chi connectivity index (χ2v) is 7.61. The van der Waals surface area contributed by atoms with Gasteiger partial charge in [0.15, 0.2) is 5.96 Å². The van der Waals surface area contributed by atoms with Crippen molar-refractivity contribution in [2.75, 3.05) is 51.2 Å². The Bertz CT molecular complexity index is 693. The molecule has 1 saturated heterocycles. The molecule has 0 spiro atoms. The van der Waals surface area contributed by atoms with Crippen molar-refractivity contribution < 1.29 is 0 Å². The number of guanidine groups is 1. The highest BCUT2D eigenvalue weighted by molar-refractivity contribution is 7.11. The molecule has 0 aliphatic carbocycles. The number of hydrogen-bond donors (Lipinski definition) is 2. The first-order chi connectivity index (χ1) is 12.7. The molecule has 7 nitrogen and oxygen atoms in total. The Morgan fingerprint density at radius 1 is 1.15 bits per heavy atom. The minimum Gasteiger partial charge on any atom is -0.355 e. The number of aryl methyl sites for hydroxylation is 1. The fourth-order valence-corrected chi connectivity index (χ4v) is 3.76. The summed E-state index contributed by atoms with van der Waals surface area (Å²) in [7, 11) is 1.81. The zero-order valence-corrected chi connectivity index (χ0v) is 16.3. The molecule has 3 heterocycles. The van der Waals surface area contributed by atoms with Gasteiger partial charge >= 0.3 is 0 Å². The van der Waals surface area contributed by atoms with Crippen molar-refractivity contribution >= 4 is 23.2 Å². The molecular formula is C18H27N7S. The molecule has 0 atom stereocenters. The van der Waals surface area contributed by atoms with Crippen LogP contribution in [0.1, 0.15) is 9.75 Å². The summed E-state index contributed by atoms with van der Waals surface area (Å²) in [4.78, 5) is 20.3. The van der Waals surface area contributed by atoms with Crippen LogP contribution in [-0.4, -0.2) is 67.1 Å². The minimum atomic E-state index is 0.813. The molecule has 1 aliphatic rings. The molecule has 1 fully saturated rings. The Morgan fingerprint density at radius 2 is 1.92 bits per heavy atom.